The number of fused-ring (bicyclic) bond motifs is 1. The Morgan fingerprint density at radius 2 is 2.32 bits per heavy atom. The van der Waals surface area contributed by atoms with Crippen LogP contribution in [0, 0.1) is 0 Å². The lowest BCUT2D eigenvalue weighted by Crippen LogP contribution is -2.25. The number of thiophene rings is 1. The fourth-order valence-electron chi connectivity index (χ4n) is 2.47. The van der Waals surface area contributed by atoms with Gasteiger partial charge in [0.05, 0.1) is 20.4 Å². The maximum atomic E-state index is 4.91. The van der Waals surface area contributed by atoms with Crippen molar-refractivity contribution in [1.29, 1.82) is 0 Å². The van der Waals surface area contributed by atoms with E-state index in [2.05, 4.69) is 40.3 Å². The number of halogens is 1. The minimum atomic E-state index is 0.470. The van der Waals surface area contributed by atoms with E-state index in [0.717, 1.165) is 6.54 Å². The Kier molecular flexibility index (Phi) is 4.37. The molecular formula is C14H17BrN2S2. The van der Waals surface area contributed by atoms with Crippen molar-refractivity contribution in [3.05, 3.63) is 26.5 Å². The van der Waals surface area contributed by atoms with Gasteiger partial charge in [-0.15, -0.1) is 22.7 Å². The molecule has 2 aromatic heterocycles. The predicted octanol–water partition coefficient (Wildman–Crippen LogP) is 5.01. The highest BCUT2D eigenvalue weighted by Crippen LogP contribution is 2.40. The Hall–Kier alpha value is -0.230. The molecule has 0 amide bonds. The molecule has 2 heterocycles. The average molecular weight is 357 g/mol. The fraction of sp³-hybridized carbons (Fsp3) is 0.500. The maximum absolute atomic E-state index is 4.91. The van der Waals surface area contributed by atoms with Gasteiger partial charge in [0.25, 0.3) is 0 Å². The third-order valence-electron chi connectivity index (χ3n) is 3.38. The first-order valence-corrected chi connectivity index (χ1v) is 9.19. The third-order valence-corrected chi connectivity index (χ3v) is 6.30. The number of nitrogens with zero attached hydrogens (tertiary/aromatic N) is 1. The number of rotatable bonds is 4. The van der Waals surface area contributed by atoms with Crippen LogP contribution >= 0.6 is 38.6 Å². The molecule has 0 saturated carbocycles. The van der Waals surface area contributed by atoms with E-state index in [-0.39, 0.29) is 0 Å². The summed E-state index contributed by atoms with van der Waals surface area (Å²) in [5.74, 6) is 0. The van der Waals surface area contributed by atoms with Crippen LogP contribution in [0.3, 0.4) is 0 Å². The second-order valence-electron chi connectivity index (χ2n) is 4.83. The molecule has 5 heteroatoms. The molecular weight excluding hydrogens is 340 g/mol. The predicted molar refractivity (Wildman–Crippen MR) is 87.1 cm³/mol. The molecule has 0 spiro atoms. The van der Waals surface area contributed by atoms with Crippen LogP contribution in [-0.2, 0) is 6.42 Å². The van der Waals surface area contributed by atoms with Gasteiger partial charge in [0, 0.05) is 4.88 Å². The molecule has 0 saturated heterocycles. The van der Waals surface area contributed by atoms with Gasteiger partial charge in [-0.1, -0.05) is 6.92 Å². The number of hydrogen-bond acceptors (Lipinski definition) is 4. The van der Waals surface area contributed by atoms with Crippen LogP contribution < -0.4 is 5.32 Å². The lowest BCUT2D eigenvalue weighted by molar-refractivity contribution is 0.454. The van der Waals surface area contributed by atoms with Crippen molar-refractivity contribution in [2.75, 3.05) is 6.54 Å². The molecule has 1 N–H and O–H groups in total. The molecule has 1 aliphatic rings. The van der Waals surface area contributed by atoms with Gasteiger partial charge >= 0.3 is 0 Å². The van der Waals surface area contributed by atoms with E-state index < -0.39 is 0 Å². The molecule has 102 valence electrons. The normalized spacial score (nSPS) is 18.5. The van der Waals surface area contributed by atoms with Crippen molar-refractivity contribution in [2.24, 2.45) is 0 Å². The Bertz CT molecular complexity index is 562. The summed E-state index contributed by atoms with van der Waals surface area (Å²) in [5, 5.41) is 4.82. The lowest BCUT2D eigenvalue weighted by atomic mass is 9.97. The van der Waals surface area contributed by atoms with Crippen molar-refractivity contribution >= 4 is 38.6 Å². The minimum Gasteiger partial charge on any atom is -0.309 e. The smallest absolute Gasteiger partial charge is 0.134 e. The van der Waals surface area contributed by atoms with Crippen molar-refractivity contribution in [3.63, 3.8) is 0 Å². The van der Waals surface area contributed by atoms with Crippen LogP contribution in [-0.4, -0.2) is 11.5 Å². The van der Waals surface area contributed by atoms with E-state index >= 15 is 0 Å². The van der Waals surface area contributed by atoms with Gasteiger partial charge in [0.15, 0.2) is 0 Å². The van der Waals surface area contributed by atoms with Crippen LogP contribution in [0.25, 0.3) is 9.88 Å². The van der Waals surface area contributed by atoms with Crippen LogP contribution in [0.1, 0.15) is 42.8 Å². The largest absolute Gasteiger partial charge is 0.309 e. The Labute approximate surface area is 130 Å². The van der Waals surface area contributed by atoms with Crippen molar-refractivity contribution < 1.29 is 0 Å². The summed E-state index contributed by atoms with van der Waals surface area (Å²) in [5.41, 5.74) is 1.31. The monoisotopic (exact) mass is 356 g/mol. The molecule has 2 nitrogen and oxygen atoms in total. The number of aromatic nitrogens is 1. The third kappa shape index (κ3) is 2.94. The second-order valence-corrected chi connectivity index (χ2v) is 8.38. The van der Waals surface area contributed by atoms with Crippen LogP contribution in [0.5, 0.6) is 0 Å². The number of hydrogen-bond donors (Lipinski definition) is 1. The zero-order valence-electron chi connectivity index (χ0n) is 10.9. The molecule has 0 aromatic carbocycles. The molecule has 2 aromatic rings. The summed E-state index contributed by atoms with van der Waals surface area (Å²) in [6, 6.07) is 4.73. The van der Waals surface area contributed by atoms with Crippen LogP contribution in [0.4, 0.5) is 0 Å². The average Bonchev–Trinajstić information content (AvgIpc) is 3.02. The highest BCUT2D eigenvalue weighted by molar-refractivity contribution is 9.11. The lowest BCUT2D eigenvalue weighted by Gasteiger charge is -2.22. The second kappa shape index (κ2) is 6.04. The van der Waals surface area contributed by atoms with Gasteiger partial charge in [-0.2, -0.15) is 0 Å². The zero-order valence-corrected chi connectivity index (χ0v) is 14.1. The van der Waals surface area contributed by atoms with Gasteiger partial charge in [0.2, 0.25) is 0 Å². The highest BCUT2D eigenvalue weighted by Gasteiger charge is 2.24. The molecule has 0 radical (unpaired) electrons. The Balaban J connectivity index is 1.88. The highest BCUT2D eigenvalue weighted by atomic mass is 79.9. The molecule has 0 fully saturated rings. The Morgan fingerprint density at radius 1 is 1.42 bits per heavy atom. The van der Waals surface area contributed by atoms with Gasteiger partial charge in [0.1, 0.15) is 5.01 Å². The number of nitrogens with one attached hydrogen (secondary N) is 1. The minimum absolute atomic E-state index is 0.470. The first-order chi connectivity index (χ1) is 9.28. The van der Waals surface area contributed by atoms with E-state index in [4.69, 9.17) is 4.98 Å². The summed E-state index contributed by atoms with van der Waals surface area (Å²) in [7, 11) is 0. The number of aryl methyl sites for hydroxylation is 1. The Morgan fingerprint density at radius 3 is 3.05 bits per heavy atom. The van der Waals surface area contributed by atoms with E-state index in [1.54, 1.807) is 11.3 Å². The molecule has 1 atom stereocenters. The molecule has 3 rings (SSSR count). The summed E-state index contributed by atoms with van der Waals surface area (Å²) in [4.78, 5) is 7.68. The van der Waals surface area contributed by atoms with Crippen molar-refractivity contribution in [1.82, 2.24) is 10.3 Å². The fourth-order valence-corrected chi connectivity index (χ4v) is 5.08. The van der Waals surface area contributed by atoms with Gasteiger partial charge in [-0.25, -0.2) is 4.98 Å². The van der Waals surface area contributed by atoms with E-state index in [1.165, 1.54) is 49.9 Å². The topological polar surface area (TPSA) is 24.9 Å². The van der Waals surface area contributed by atoms with Crippen LogP contribution in [0.15, 0.2) is 15.9 Å². The first-order valence-electron chi connectivity index (χ1n) is 6.76. The van der Waals surface area contributed by atoms with E-state index in [9.17, 15) is 0 Å². The molecule has 1 aliphatic carbocycles. The summed E-state index contributed by atoms with van der Waals surface area (Å²) >= 11 is 7.18. The zero-order chi connectivity index (χ0) is 13.2. The summed E-state index contributed by atoms with van der Waals surface area (Å²) in [6.45, 7) is 3.30. The van der Waals surface area contributed by atoms with E-state index in [1.807, 2.05) is 11.3 Å². The summed E-state index contributed by atoms with van der Waals surface area (Å²) in [6.07, 6.45) is 4.89. The standard InChI is InChI=1S/C14H17BrN2S2/c1-2-8-16-9-4-3-5-10-13(9)17-14(19-10)11-6-7-12(15)18-11/h6-7,9,16H,2-5,8H2,1H3. The van der Waals surface area contributed by atoms with E-state index in [0.29, 0.717) is 6.04 Å². The molecule has 0 bridgehead atoms. The molecule has 1 unspecified atom stereocenters. The van der Waals surface area contributed by atoms with Crippen molar-refractivity contribution in [2.45, 2.75) is 38.6 Å². The molecule has 19 heavy (non-hydrogen) atoms. The SMILES string of the molecule is CCCNC1CCCc2sc(-c3ccc(Br)s3)nc21. The van der Waals surface area contributed by atoms with Gasteiger partial charge in [-0.3, -0.25) is 0 Å². The van der Waals surface area contributed by atoms with Crippen molar-refractivity contribution in [3.8, 4) is 9.88 Å². The number of thiazole rings is 1. The first kappa shape index (κ1) is 13.7. The van der Waals surface area contributed by atoms with Gasteiger partial charge in [-0.05, 0) is 60.3 Å². The summed E-state index contributed by atoms with van der Waals surface area (Å²) < 4.78 is 1.18. The van der Waals surface area contributed by atoms with Crippen LogP contribution in [0.2, 0.25) is 0 Å². The quantitative estimate of drug-likeness (QED) is 0.832. The van der Waals surface area contributed by atoms with Gasteiger partial charge < -0.3 is 5.32 Å². The molecule has 0 aliphatic heterocycles. The maximum Gasteiger partial charge on any atom is 0.134 e.